The Hall–Kier alpha value is -0.860. The molecule has 0 aromatic heterocycles. The lowest BCUT2D eigenvalue weighted by molar-refractivity contribution is 0.161. The van der Waals surface area contributed by atoms with Gasteiger partial charge >= 0.3 is 0 Å². The van der Waals surface area contributed by atoms with E-state index in [-0.39, 0.29) is 6.04 Å². The molecule has 0 aliphatic rings. The van der Waals surface area contributed by atoms with Gasteiger partial charge in [-0.15, -0.1) is 0 Å². The number of rotatable bonds is 5. The summed E-state index contributed by atoms with van der Waals surface area (Å²) in [6.45, 7) is 8.67. The molecule has 0 aliphatic heterocycles. The molecular formula is C15H26N2. The predicted molar refractivity (Wildman–Crippen MR) is 75.1 cm³/mol. The highest BCUT2D eigenvalue weighted by atomic mass is 15.2. The van der Waals surface area contributed by atoms with Crippen LogP contribution >= 0.6 is 0 Å². The van der Waals surface area contributed by atoms with Crippen molar-refractivity contribution in [3.05, 3.63) is 35.4 Å². The summed E-state index contributed by atoms with van der Waals surface area (Å²) in [5.74, 6) is 0. The van der Waals surface area contributed by atoms with Crippen LogP contribution in [0.5, 0.6) is 0 Å². The number of nitrogens with two attached hydrogens (primary N) is 1. The fourth-order valence-electron chi connectivity index (χ4n) is 2.24. The molecule has 0 saturated carbocycles. The maximum Gasteiger partial charge on any atom is 0.0496 e. The lowest BCUT2D eigenvalue weighted by Gasteiger charge is -2.35. The van der Waals surface area contributed by atoms with Crippen LogP contribution < -0.4 is 5.73 Å². The number of nitrogens with zero attached hydrogens (tertiary/aromatic N) is 1. The van der Waals surface area contributed by atoms with E-state index < -0.39 is 0 Å². The number of benzene rings is 1. The van der Waals surface area contributed by atoms with E-state index in [4.69, 9.17) is 5.73 Å². The highest BCUT2D eigenvalue weighted by Crippen LogP contribution is 2.25. The Morgan fingerprint density at radius 2 is 1.71 bits per heavy atom. The highest BCUT2D eigenvalue weighted by molar-refractivity contribution is 5.25. The first-order valence-electron chi connectivity index (χ1n) is 6.51. The molecule has 1 aromatic carbocycles. The summed E-state index contributed by atoms with van der Waals surface area (Å²) < 4.78 is 0. The first kappa shape index (κ1) is 14.2. The van der Waals surface area contributed by atoms with Gasteiger partial charge in [0.15, 0.2) is 0 Å². The zero-order valence-corrected chi connectivity index (χ0v) is 11.8. The molecule has 0 bridgehead atoms. The largest absolute Gasteiger partial charge is 0.326 e. The van der Waals surface area contributed by atoms with E-state index in [2.05, 4.69) is 63.9 Å². The number of aryl methyl sites for hydroxylation is 1. The fraction of sp³-hybridized carbons (Fsp3) is 0.600. The van der Waals surface area contributed by atoms with Crippen molar-refractivity contribution in [2.24, 2.45) is 5.73 Å². The molecule has 17 heavy (non-hydrogen) atoms. The molecule has 0 amide bonds. The molecule has 96 valence electrons. The lowest BCUT2D eigenvalue weighted by atomic mass is 9.97. The second-order valence-corrected chi connectivity index (χ2v) is 5.14. The minimum Gasteiger partial charge on any atom is -0.326 e. The normalized spacial score (nSPS) is 16.9. The van der Waals surface area contributed by atoms with Crippen molar-refractivity contribution in [3.8, 4) is 0 Å². The van der Waals surface area contributed by atoms with Crippen molar-refractivity contribution in [1.29, 1.82) is 0 Å². The van der Waals surface area contributed by atoms with Gasteiger partial charge in [-0.25, -0.2) is 0 Å². The minimum atomic E-state index is 0.136. The first-order chi connectivity index (χ1) is 7.97. The topological polar surface area (TPSA) is 29.3 Å². The van der Waals surface area contributed by atoms with E-state index in [9.17, 15) is 0 Å². The summed E-state index contributed by atoms with van der Waals surface area (Å²) in [6.07, 6.45) is 1.14. The van der Waals surface area contributed by atoms with Crippen molar-refractivity contribution in [2.75, 3.05) is 7.05 Å². The molecule has 2 N–H and O–H groups in total. The Morgan fingerprint density at radius 3 is 2.12 bits per heavy atom. The van der Waals surface area contributed by atoms with Crippen molar-refractivity contribution >= 4 is 0 Å². The summed E-state index contributed by atoms with van der Waals surface area (Å²) in [4.78, 5) is 2.38. The van der Waals surface area contributed by atoms with Crippen LogP contribution in [-0.4, -0.2) is 24.0 Å². The van der Waals surface area contributed by atoms with Gasteiger partial charge in [-0.1, -0.05) is 36.8 Å². The molecule has 2 nitrogen and oxygen atoms in total. The third kappa shape index (κ3) is 3.55. The van der Waals surface area contributed by atoms with E-state index in [1.54, 1.807) is 0 Å². The van der Waals surface area contributed by atoms with Crippen LogP contribution in [0.1, 0.15) is 44.4 Å². The van der Waals surface area contributed by atoms with Gasteiger partial charge in [0.05, 0.1) is 0 Å². The van der Waals surface area contributed by atoms with E-state index >= 15 is 0 Å². The molecule has 0 radical (unpaired) electrons. The van der Waals surface area contributed by atoms with Crippen molar-refractivity contribution in [3.63, 3.8) is 0 Å². The molecule has 0 heterocycles. The second kappa shape index (κ2) is 6.18. The predicted octanol–water partition coefficient (Wildman–Crippen LogP) is 3.11. The molecule has 0 saturated heterocycles. The van der Waals surface area contributed by atoms with E-state index in [0.717, 1.165) is 6.42 Å². The average molecular weight is 234 g/mol. The smallest absolute Gasteiger partial charge is 0.0496 e. The first-order valence-corrected chi connectivity index (χ1v) is 6.51. The third-order valence-corrected chi connectivity index (χ3v) is 3.64. The van der Waals surface area contributed by atoms with E-state index in [1.165, 1.54) is 11.1 Å². The van der Waals surface area contributed by atoms with Crippen LogP contribution in [0.3, 0.4) is 0 Å². The van der Waals surface area contributed by atoms with Crippen molar-refractivity contribution < 1.29 is 0 Å². The summed E-state index contributed by atoms with van der Waals surface area (Å²) in [5.41, 5.74) is 8.77. The molecular weight excluding hydrogens is 208 g/mol. The van der Waals surface area contributed by atoms with Gasteiger partial charge in [-0.3, -0.25) is 4.90 Å². The monoisotopic (exact) mass is 234 g/mol. The number of hydrogen-bond acceptors (Lipinski definition) is 2. The van der Waals surface area contributed by atoms with Crippen LogP contribution in [-0.2, 0) is 0 Å². The highest BCUT2D eigenvalue weighted by Gasteiger charge is 2.23. The Kier molecular flexibility index (Phi) is 5.16. The molecule has 1 aromatic rings. The van der Waals surface area contributed by atoms with Gasteiger partial charge in [0.25, 0.3) is 0 Å². The number of likely N-dealkylation sites (N-methyl/N-ethyl adjacent to an activating group) is 1. The molecule has 1 rings (SSSR count). The van der Waals surface area contributed by atoms with E-state index in [0.29, 0.717) is 12.1 Å². The van der Waals surface area contributed by atoms with Gasteiger partial charge < -0.3 is 5.73 Å². The maximum atomic E-state index is 6.16. The second-order valence-electron chi connectivity index (χ2n) is 5.14. The average Bonchev–Trinajstić information content (AvgIpc) is 2.30. The van der Waals surface area contributed by atoms with Gasteiger partial charge in [0.1, 0.15) is 0 Å². The Balaban J connectivity index is 2.97. The van der Waals surface area contributed by atoms with Crippen molar-refractivity contribution in [1.82, 2.24) is 4.90 Å². The summed E-state index contributed by atoms with van der Waals surface area (Å²) in [7, 11) is 2.17. The Morgan fingerprint density at radius 1 is 1.18 bits per heavy atom. The quantitative estimate of drug-likeness (QED) is 0.848. The Bertz CT molecular complexity index is 329. The van der Waals surface area contributed by atoms with Crippen LogP contribution in [0.25, 0.3) is 0 Å². The maximum absolute atomic E-state index is 6.16. The summed E-state index contributed by atoms with van der Waals surface area (Å²) in [5, 5.41) is 0. The zero-order valence-electron chi connectivity index (χ0n) is 11.8. The molecule has 0 spiro atoms. The zero-order chi connectivity index (χ0) is 13.0. The minimum absolute atomic E-state index is 0.136. The summed E-state index contributed by atoms with van der Waals surface area (Å²) in [6, 6.07) is 9.70. The fourth-order valence-corrected chi connectivity index (χ4v) is 2.24. The van der Waals surface area contributed by atoms with E-state index in [1.807, 2.05) is 0 Å². The molecule has 3 atom stereocenters. The third-order valence-electron chi connectivity index (χ3n) is 3.64. The number of hydrogen-bond donors (Lipinski definition) is 1. The Labute approximate surface area is 106 Å². The van der Waals surface area contributed by atoms with Gasteiger partial charge in [-0.2, -0.15) is 0 Å². The standard InChI is InChI=1S/C15H26N2/c1-6-12(3)17(5)15(13(4)16)14-9-7-11(2)8-10-14/h7-10,12-13,15H,6,16H2,1-5H3. The van der Waals surface area contributed by atoms with Crippen LogP contribution in [0, 0.1) is 6.92 Å². The van der Waals surface area contributed by atoms with Gasteiger partial charge in [-0.05, 0) is 39.8 Å². The van der Waals surface area contributed by atoms with Crippen LogP contribution in [0.15, 0.2) is 24.3 Å². The molecule has 0 aliphatic carbocycles. The van der Waals surface area contributed by atoms with Gasteiger partial charge in [0.2, 0.25) is 0 Å². The van der Waals surface area contributed by atoms with Crippen LogP contribution in [0.2, 0.25) is 0 Å². The molecule has 3 unspecified atom stereocenters. The van der Waals surface area contributed by atoms with Gasteiger partial charge in [0, 0.05) is 18.1 Å². The molecule has 2 heteroatoms. The SMILES string of the molecule is CCC(C)N(C)C(c1ccc(C)cc1)C(C)N. The van der Waals surface area contributed by atoms with Crippen molar-refractivity contribution in [2.45, 2.75) is 52.2 Å². The lowest BCUT2D eigenvalue weighted by Crippen LogP contribution is -2.41. The molecule has 0 fully saturated rings. The summed E-state index contributed by atoms with van der Waals surface area (Å²) >= 11 is 0. The van der Waals surface area contributed by atoms with Crippen LogP contribution in [0.4, 0.5) is 0 Å².